The molecule has 1 aliphatic rings. The van der Waals surface area contributed by atoms with Crippen molar-refractivity contribution in [2.24, 2.45) is 0 Å². The molecule has 0 radical (unpaired) electrons. The summed E-state index contributed by atoms with van der Waals surface area (Å²) in [5.74, 6) is 1.74. The fourth-order valence-corrected chi connectivity index (χ4v) is 4.80. The van der Waals surface area contributed by atoms with E-state index in [4.69, 9.17) is 14.7 Å². The number of amides is 2. The average Bonchev–Trinajstić information content (AvgIpc) is 3.56. The summed E-state index contributed by atoms with van der Waals surface area (Å²) in [4.78, 5) is 41.1. The lowest BCUT2D eigenvalue weighted by Gasteiger charge is -2.26. The summed E-state index contributed by atoms with van der Waals surface area (Å²) in [6.45, 7) is 14.2. The molecule has 0 unspecified atom stereocenters. The van der Waals surface area contributed by atoms with E-state index in [0.29, 0.717) is 40.3 Å². The van der Waals surface area contributed by atoms with Crippen molar-refractivity contribution >= 4 is 35.0 Å². The van der Waals surface area contributed by atoms with Crippen LogP contribution >= 0.6 is 11.3 Å². The van der Waals surface area contributed by atoms with Crippen molar-refractivity contribution in [3.05, 3.63) is 34.6 Å². The van der Waals surface area contributed by atoms with Gasteiger partial charge >= 0.3 is 6.09 Å². The minimum atomic E-state index is -0.616. The van der Waals surface area contributed by atoms with Crippen LogP contribution in [0.2, 0.25) is 0 Å². The van der Waals surface area contributed by atoms with E-state index < -0.39 is 11.7 Å². The first-order valence-corrected chi connectivity index (χ1v) is 13.5. The fraction of sp³-hybridized carbons (Fsp3) is 0.538. The highest BCUT2D eigenvalue weighted by Crippen LogP contribution is 2.35. The quantitative estimate of drug-likeness (QED) is 0.422. The molecule has 38 heavy (non-hydrogen) atoms. The van der Waals surface area contributed by atoms with Gasteiger partial charge in [0, 0.05) is 37.1 Å². The third-order valence-corrected chi connectivity index (χ3v) is 7.13. The zero-order valence-electron chi connectivity index (χ0n) is 23.5. The zero-order valence-corrected chi connectivity index (χ0v) is 24.3. The SMILES string of the molecule is CC(C)N(C)c1cc2c(c(CN(C)C(=O)OC(C)(C)C)n1)CN(c1csc(-c3nncn3C(C)C)n1)C2=O. The molecule has 2 amide bonds. The molecule has 0 spiro atoms. The highest BCUT2D eigenvalue weighted by molar-refractivity contribution is 7.13. The Hall–Kier alpha value is -3.54. The maximum absolute atomic E-state index is 13.7. The number of anilines is 2. The first kappa shape index (κ1) is 27.5. The molecular formula is C26H36N8O3S. The van der Waals surface area contributed by atoms with Crippen molar-refractivity contribution in [3.8, 4) is 10.8 Å². The van der Waals surface area contributed by atoms with Crippen LogP contribution in [0.3, 0.4) is 0 Å². The topological polar surface area (TPSA) is 110 Å². The smallest absolute Gasteiger partial charge is 0.410 e. The molecule has 0 saturated heterocycles. The Morgan fingerprint density at radius 2 is 1.89 bits per heavy atom. The standard InChI is InChI=1S/C26H36N8O3S/c1-15(2)32(9)20-10-17-18(19(28-20)12-31(8)25(36)37-26(5,6)7)11-33(24(17)35)21-13-38-23(29-21)22-30-27-14-34(22)16(3)4/h10,13-16H,11-12H2,1-9H3. The summed E-state index contributed by atoms with van der Waals surface area (Å²) < 4.78 is 7.48. The van der Waals surface area contributed by atoms with Gasteiger partial charge in [-0.05, 0) is 54.5 Å². The highest BCUT2D eigenvalue weighted by Gasteiger charge is 2.35. The molecule has 0 N–H and O–H groups in total. The molecule has 3 aromatic rings. The average molecular weight is 541 g/mol. The van der Waals surface area contributed by atoms with Gasteiger partial charge in [-0.25, -0.2) is 14.8 Å². The van der Waals surface area contributed by atoms with Gasteiger partial charge in [0.25, 0.3) is 5.91 Å². The third-order valence-electron chi connectivity index (χ3n) is 6.31. The number of rotatable bonds is 7. The van der Waals surface area contributed by atoms with Crippen molar-refractivity contribution in [2.45, 2.75) is 79.2 Å². The third kappa shape index (κ3) is 5.50. The number of nitrogens with zero attached hydrogens (tertiary/aromatic N) is 8. The Balaban J connectivity index is 1.68. The van der Waals surface area contributed by atoms with Crippen LogP contribution in [0.4, 0.5) is 16.4 Å². The van der Waals surface area contributed by atoms with Crippen molar-refractivity contribution in [1.82, 2.24) is 29.6 Å². The monoisotopic (exact) mass is 540 g/mol. The van der Waals surface area contributed by atoms with Crippen LogP contribution in [0.5, 0.6) is 0 Å². The molecule has 1 aliphatic heterocycles. The lowest BCUT2D eigenvalue weighted by Crippen LogP contribution is -2.34. The maximum atomic E-state index is 13.7. The van der Waals surface area contributed by atoms with Crippen LogP contribution in [-0.4, -0.2) is 67.4 Å². The van der Waals surface area contributed by atoms with Crippen molar-refractivity contribution in [3.63, 3.8) is 0 Å². The molecule has 3 aromatic heterocycles. The molecule has 0 saturated carbocycles. The molecule has 204 valence electrons. The molecule has 0 atom stereocenters. The van der Waals surface area contributed by atoms with Gasteiger partial charge in [-0.1, -0.05) is 0 Å². The lowest BCUT2D eigenvalue weighted by molar-refractivity contribution is 0.0282. The van der Waals surface area contributed by atoms with E-state index >= 15 is 0 Å². The lowest BCUT2D eigenvalue weighted by atomic mass is 10.1. The zero-order chi connectivity index (χ0) is 27.9. The van der Waals surface area contributed by atoms with Crippen LogP contribution < -0.4 is 9.80 Å². The number of carbonyl (C=O) groups excluding carboxylic acids is 2. The number of aromatic nitrogens is 5. The van der Waals surface area contributed by atoms with Gasteiger partial charge in [-0.15, -0.1) is 21.5 Å². The van der Waals surface area contributed by atoms with Crippen molar-refractivity contribution in [1.29, 1.82) is 0 Å². The Kier molecular flexibility index (Phi) is 7.46. The normalized spacial score (nSPS) is 13.4. The van der Waals surface area contributed by atoms with Gasteiger partial charge in [0.1, 0.15) is 23.6 Å². The van der Waals surface area contributed by atoms with Gasteiger partial charge in [-0.3, -0.25) is 9.69 Å². The molecular weight excluding hydrogens is 504 g/mol. The van der Waals surface area contributed by atoms with Crippen molar-refractivity contribution < 1.29 is 14.3 Å². The van der Waals surface area contributed by atoms with Crippen LogP contribution in [-0.2, 0) is 17.8 Å². The summed E-state index contributed by atoms with van der Waals surface area (Å²) in [6.07, 6.45) is 1.24. The molecule has 0 fully saturated rings. The van der Waals surface area contributed by atoms with E-state index in [9.17, 15) is 9.59 Å². The highest BCUT2D eigenvalue weighted by atomic mass is 32.1. The molecule has 0 aromatic carbocycles. The minimum Gasteiger partial charge on any atom is -0.444 e. The minimum absolute atomic E-state index is 0.149. The van der Waals surface area contributed by atoms with Gasteiger partial charge in [-0.2, -0.15) is 0 Å². The molecule has 0 aliphatic carbocycles. The Morgan fingerprint density at radius 3 is 2.53 bits per heavy atom. The largest absolute Gasteiger partial charge is 0.444 e. The Labute approximate surface area is 227 Å². The molecule has 12 heteroatoms. The van der Waals surface area contributed by atoms with Crippen molar-refractivity contribution in [2.75, 3.05) is 23.9 Å². The van der Waals surface area contributed by atoms with E-state index in [0.717, 1.165) is 5.56 Å². The van der Waals surface area contributed by atoms with Crippen LogP contribution in [0.1, 0.15) is 76.1 Å². The fourth-order valence-electron chi connectivity index (χ4n) is 4.01. The number of thiazole rings is 1. The summed E-state index contributed by atoms with van der Waals surface area (Å²) >= 11 is 1.42. The van der Waals surface area contributed by atoms with Crippen LogP contribution in [0, 0.1) is 0 Å². The number of fused-ring (bicyclic) bond motifs is 1. The molecule has 4 heterocycles. The second-order valence-electron chi connectivity index (χ2n) is 11.1. The van der Waals surface area contributed by atoms with Gasteiger partial charge < -0.3 is 19.1 Å². The maximum Gasteiger partial charge on any atom is 0.410 e. The second kappa shape index (κ2) is 10.3. The van der Waals surface area contributed by atoms with E-state index in [1.165, 1.54) is 16.2 Å². The summed E-state index contributed by atoms with van der Waals surface area (Å²) in [7, 11) is 3.61. The van der Waals surface area contributed by atoms with Gasteiger partial charge in [0.2, 0.25) is 0 Å². The number of pyridine rings is 1. The van der Waals surface area contributed by atoms with E-state index in [1.54, 1.807) is 18.3 Å². The van der Waals surface area contributed by atoms with Crippen LogP contribution in [0.25, 0.3) is 10.8 Å². The Bertz CT molecular complexity index is 1340. The summed E-state index contributed by atoms with van der Waals surface area (Å²) in [5.41, 5.74) is 1.39. The molecule has 0 bridgehead atoms. The summed E-state index contributed by atoms with van der Waals surface area (Å²) in [6, 6.07) is 2.18. The number of hydrogen-bond acceptors (Lipinski definition) is 9. The van der Waals surface area contributed by atoms with E-state index in [2.05, 4.69) is 37.9 Å². The first-order valence-electron chi connectivity index (χ1n) is 12.6. The number of hydrogen-bond donors (Lipinski definition) is 0. The molecule has 11 nitrogen and oxygen atoms in total. The first-order chi connectivity index (χ1) is 17.8. The summed E-state index contributed by atoms with van der Waals surface area (Å²) in [5, 5.41) is 10.8. The predicted molar refractivity (Wildman–Crippen MR) is 148 cm³/mol. The predicted octanol–water partition coefficient (Wildman–Crippen LogP) is 4.75. The van der Waals surface area contributed by atoms with E-state index in [1.807, 2.05) is 48.7 Å². The Morgan fingerprint density at radius 1 is 1.18 bits per heavy atom. The molecule has 4 rings (SSSR count). The van der Waals surface area contributed by atoms with Gasteiger partial charge in [0.15, 0.2) is 10.8 Å². The van der Waals surface area contributed by atoms with Crippen LogP contribution in [0.15, 0.2) is 17.8 Å². The van der Waals surface area contributed by atoms with E-state index in [-0.39, 0.29) is 24.5 Å². The second-order valence-corrected chi connectivity index (χ2v) is 11.9. The van der Waals surface area contributed by atoms with Gasteiger partial charge in [0.05, 0.1) is 24.3 Å². The number of carbonyl (C=O) groups is 2. The number of ether oxygens (including phenoxy) is 1.